The number of likely N-dealkylation sites (tertiary alicyclic amines) is 1. The lowest BCUT2D eigenvalue weighted by atomic mass is 9.99. The van der Waals surface area contributed by atoms with Crippen molar-refractivity contribution >= 4 is 34.0 Å². The first-order valence-electron chi connectivity index (χ1n) is 16.6. The van der Waals surface area contributed by atoms with Gasteiger partial charge in [-0.25, -0.2) is 13.8 Å². The zero-order valence-corrected chi connectivity index (χ0v) is 28.7. The monoisotopic (exact) mass is 688 g/mol. The molecule has 13 heteroatoms. The van der Waals surface area contributed by atoms with Crippen LogP contribution in [0.3, 0.4) is 0 Å². The molecule has 50 heavy (non-hydrogen) atoms. The molecule has 6 rings (SSSR count). The summed E-state index contributed by atoms with van der Waals surface area (Å²) in [6, 6.07) is 12.0. The van der Waals surface area contributed by atoms with Crippen molar-refractivity contribution in [1.82, 2.24) is 19.4 Å². The minimum Gasteiger partial charge on any atom is -0.494 e. The van der Waals surface area contributed by atoms with Crippen molar-refractivity contribution in [2.24, 2.45) is 0 Å². The Hall–Kier alpha value is -5.01. The molecule has 2 saturated heterocycles. The van der Waals surface area contributed by atoms with Gasteiger partial charge in [-0.15, -0.1) is 0 Å². The van der Waals surface area contributed by atoms with Crippen LogP contribution in [0.1, 0.15) is 18.9 Å². The number of likely N-dealkylation sites (N-methyl/N-ethyl adjacent to an activating group) is 1. The van der Waals surface area contributed by atoms with E-state index in [0.717, 1.165) is 30.5 Å². The molecule has 0 unspecified atom stereocenters. The fourth-order valence-electron chi connectivity index (χ4n) is 6.50. The standard InChI is InChI=1S/C37H42F2N6O5/c1-42(2)13-5-6-33(46)44-14-11-27(12-15-44)45-29-21-32(41-25-7-9-26(10-8-25)43-16-18-50-19-17-43)40-23-24(29)20-28(37(45)47)34-35(38)30(48-3)22-31(49-4)36(34)39/h5-10,20-23,27H,11-19H2,1-4H3,(H,40,41)/b6-5+. The summed E-state index contributed by atoms with van der Waals surface area (Å²) < 4.78 is 48.9. The second-order valence-corrected chi connectivity index (χ2v) is 12.6. The Balaban J connectivity index is 1.38. The molecule has 11 nitrogen and oxygen atoms in total. The molecule has 2 fully saturated rings. The SMILES string of the molecule is COc1cc(OC)c(F)c(-c2cc3cnc(Nc4ccc(N5CCOCC5)cc4)cc3n(C3CCN(C(=O)/C=C/CN(C)C)CC3)c2=O)c1F. The van der Waals surface area contributed by atoms with Crippen molar-refractivity contribution in [1.29, 1.82) is 0 Å². The van der Waals surface area contributed by atoms with Crippen molar-refractivity contribution in [3.05, 3.63) is 82.8 Å². The maximum atomic E-state index is 15.8. The number of rotatable bonds is 10. The number of anilines is 3. The number of nitrogens with zero attached hydrogens (tertiary/aromatic N) is 5. The maximum Gasteiger partial charge on any atom is 0.259 e. The Labute approximate surface area is 289 Å². The number of hydrogen-bond acceptors (Lipinski definition) is 9. The van der Waals surface area contributed by atoms with Gasteiger partial charge in [-0.2, -0.15) is 0 Å². The lowest BCUT2D eigenvalue weighted by Gasteiger charge is -2.33. The van der Waals surface area contributed by atoms with Gasteiger partial charge < -0.3 is 38.8 Å². The number of amides is 1. The number of fused-ring (bicyclic) bond motifs is 1. The van der Waals surface area contributed by atoms with E-state index >= 15 is 8.78 Å². The highest BCUT2D eigenvalue weighted by molar-refractivity contribution is 5.88. The fourth-order valence-corrected chi connectivity index (χ4v) is 6.50. The predicted octanol–water partition coefficient (Wildman–Crippen LogP) is 5.22. The number of halogens is 2. The number of morpholine rings is 1. The van der Waals surface area contributed by atoms with Crippen molar-refractivity contribution in [3.63, 3.8) is 0 Å². The molecule has 2 aliphatic heterocycles. The molecule has 0 atom stereocenters. The first-order valence-corrected chi connectivity index (χ1v) is 16.6. The first-order chi connectivity index (χ1) is 24.2. The number of carbonyl (C=O) groups is 1. The maximum absolute atomic E-state index is 15.8. The zero-order chi connectivity index (χ0) is 35.4. The number of benzene rings is 2. The van der Waals surface area contributed by atoms with Crippen molar-refractivity contribution in [3.8, 4) is 22.6 Å². The number of hydrogen-bond donors (Lipinski definition) is 1. The van der Waals surface area contributed by atoms with Crippen LogP contribution in [0, 0.1) is 11.6 Å². The Morgan fingerprint density at radius 2 is 1.66 bits per heavy atom. The first kappa shape index (κ1) is 34.8. The second kappa shape index (κ2) is 15.3. The van der Waals surface area contributed by atoms with E-state index < -0.39 is 22.8 Å². The molecular formula is C37H42F2N6O5. The summed E-state index contributed by atoms with van der Waals surface area (Å²) in [5.74, 6) is -2.13. The number of carbonyl (C=O) groups excluding carboxylic acids is 1. The molecule has 4 heterocycles. The number of piperidine rings is 1. The molecule has 2 aromatic heterocycles. The highest BCUT2D eigenvalue weighted by Crippen LogP contribution is 2.38. The Morgan fingerprint density at radius 1 is 1.00 bits per heavy atom. The zero-order valence-electron chi connectivity index (χ0n) is 28.7. The van der Waals surface area contributed by atoms with Crippen LogP contribution in [0.5, 0.6) is 11.5 Å². The van der Waals surface area contributed by atoms with Gasteiger partial charge in [-0.1, -0.05) is 6.08 Å². The third-order valence-corrected chi connectivity index (χ3v) is 9.15. The molecule has 4 aromatic rings. The van der Waals surface area contributed by atoms with Crippen LogP contribution in [0.25, 0.3) is 22.0 Å². The normalized spacial score (nSPS) is 15.7. The second-order valence-electron chi connectivity index (χ2n) is 12.6. The molecule has 0 radical (unpaired) electrons. The number of ether oxygens (including phenoxy) is 3. The van der Waals surface area contributed by atoms with E-state index in [2.05, 4.69) is 15.2 Å². The van der Waals surface area contributed by atoms with Gasteiger partial charge in [0.25, 0.3) is 5.56 Å². The summed E-state index contributed by atoms with van der Waals surface area (Å²) in [5, 5.41) is 3.85. The summed E-state index contributed by atoms with van der Waals surface area (Å²) in [6.45, 7) is 4.51. The van der Waals surface area contributed by atoms with Gasteiger partial charge in [-0.3, -0.25) is 9.59 Å². The van der Waals surface area contributed by atoms with Gasteiger partial charge in [0.05, 0.1) is 44.1 Å². The van der Waals surface area contributed by atoms with Crippen LogP contribution in [0.15, 0.2) is 65.6 Å². The third-order valence-electron chi connectivity index (χ3n) is 9.15. The lowest BCUT2D eigenvalue weighted by molar-refractivity contribution is -0.127. The number of pyridine rings is 2. The van der Waals surface area contributed by atoms with Gasteiger partial charge in [0, 0.05) is 79.9 Å². The Morgan fingerprint density at radius 3 is 2.28 bits per heavy atom. The van der Waals surface area contributed by atoms with Crippen LogP contribution in [0.4, 0.5) is 26.0 Å². The van der Waals surface area contributed by atoms with Crippen molar-refractivity contribution in [2.45, 2.75) is 18.9 Å². The Bertz CT molecular complexity index is 1910. The molecule has 0 aliphatic carbocycles. The highest BCUT2D eigenvalue weighted by Gasteiger charge is 2.29. The van der Waals surface area contributed by atoms with E-state index in [1.54, 1.807) is 27.8 Å². The molecule has 2 aliphatic rings. The van der Waals surface area contributed by atoms with Crippen LogP contribution in [0.2, 0.25) is 0 Å². The van der Waals surface area contributed by atoms with E-state index in [1.165, 1.54) is 20.3 Å². The predicted molar refractivity (Wildman–Crippen MR) is 190 cm³/mol. The average Bonchev–Trinajstić information content (AvgIpc) is 3.13. The van der Waals surface area contributed by atoms with E-state index in [1.807, 2.05) is 49.3 Å². The van der Waals surface area contributed by atoms with Crippen LogP contribution >= 0.6 is 0 Å². The fraction of sp³-hybridized carbons (Fsp3) is 0.378. The van der Waals surface area contributed by atoms with Crippen LogP contribution in [-0.2, 0) is 9.53 Å². The third kappa shape index (κ3) is 7.29. The Kier molecular flexibility index (Phi) is 10.6. The van der Waals surface area contributed by atoms with Crippen LogP contribution in [-0.4, -0.2) is 99.5 Å². The summed E-state index contributed by atoms with van der Waals surface area (Å²) in [7, 11) is 6.37. The molecular weight excluding hydrogens is 646 g/mol. The number of methoxy groups -OCH3 is 2. The summed E-state index contributed by atoms with van der Waals surface area (Å²) in [4.78, 5) is 37.9. The smallest absolute Gasteiger partial charge is 0.259 e. The highest BCUT2D eigenvalue weighted by atomic mass is 19.1. The van der Waals surface area contributed by atoms with E-state index in [-0.39, 0.29) is 29.0 Å². The van der Waals surface area contributed by atoms with E-state index in [9.17, 15) is 9.59 Å². The molecule has 0 bridgehead atoms. The van der Waals surface area contributed by atoms with Gasteiger partial charge in [0.15, 0.2) is 23.1 Å². The topological polar surface area (TPSA) is 101 Å². The molecule has 0 spiro atoms. The summed E-state index contributed by atoms with van der Waals surface area (Å²) in [5.41, 5.74) is 1.15. The van der Waals surface area contributed by atoms with Gasteiger partial charge in [-0.05, 0) is 57.3 Å². The minimum atomic E-state index is -1.01. The molecule has 2 aromatic carbocycles. The number of aromatic nitrogens is 2. The summed E-state index contributed by atoms with van der Waals surface area (Å²) >= 11 is 0. The summed E-state index contributed by atoms with van der Waals surface area (Å²) in [6.07, 6.45) is 5.90. The quantitative estimate of drug-likeness (QED) is 0.225. The van der Waals surface area contributed by atoms with E-state index in [0.29, 0.717) is 62.4 Å². The minimum absolute atomic E-state index is 0.0980. The van der Waals surface area contributed by atoms with Crippen molar-refractivity contribution < 1.29 is 27.8 Å². The molecule has 1 N–H and O–H groups in total. The lowest BCUT2D eigenvalue weighted by Crippen LogP contribution is -2.40. The molecule has 264 valence electrons. The van der Waals surface area contributed by atoms with Gasteiger partial charge in [0.2, 0.25) is 5.91 Å². The largest absolute Gasteiger partial charge is 0.494 e. The van der Waals surface area contributed by atoms with Gasteiger partial charge >= 0.3 is 0 Å². The van der Waals surface area contributed by atoms with Crippen LogP contribution < -0.4 is 25.2 Å². The van der Waals surface area contributed by atoms with Crippen molar-refractivity contribution in [2.75, 3.05) is 84.5 Å². The van der Waals surface area contributed by atoms with Gasteiger partial charge in [0.1, 0.15) is 5.82 Å². The average molecular weight is 689 g/mol. The molecule has 1 amide bonds. The number of nitrogens with one attached hydrogen (secondary N) is 1. The molecule has 0 saturated carbocycles. The van der Waals surface area contributed by atoms with E-state index in [4.69, 9.17) is 14.2 Å².